The molecule has 5 rings (SSSR count). The van der Waals surface area contributed by atoms with Gasteiger partial charge in [0.15, 0.2) is 16.2 Å². The summed E-state index contributed by atoms with van der Waals surface area (Å²) in [6.45, 7) is 2.83. The molecule has 0 radical (unpaired) electrons. The molecule has 2 aromatic carbocycles. The highest BCUT2D eigenvalue weighted by Crippen LogP contribution is 2.55. The Balaban J connectivity index is 0.000000644. The van der Waals surface area contributed by atoms with E-state index in [1.807, 2.05) is 0 Å². The number of nitrogens with zero attached hydrogens (tertiary/aromatic N) is 4. The molecule has 3 atom stereocenters. The number of amides is 2. The number of aryl methyl sites for hydroxylation is 2. The van der Waals surface area contributed by atoms with E-state index in [1.54, 1.807) is 43.3 Å². The monoisotopic (exact) mass is 702 g/mol. The maximum atomic E-state index is 15.0. The van der Waals surface area contributed by atoms with Crippen molar-refractivity contribution in [3.63, 3.8) is 0 Å². The number of hydrogen-bond donors (Lipinski definition) is 2. The average molecular weight is 703 g/mol. The number of rotatable bonds is 6. The van der Waals surface area contributed by atoms with Crippen molar-refractivity contribution >= 4 is 45.1 Å². The van der Waals surface area contributed by atoms with Crippen LogP contribution in [-0.2, 0) is 29.9 Å². The number of anilines is 1. The van der Waals surface area contributed by atoms with Gasteiger partial charge >= 0.3 is 12.1 Å². The van der Waals surface area contributed by atoms with Crippen LogP contribution in [0.2, 0.25) is 5.02 Å². The molecule has 0 bridgehead atoms. The molecule has 3 heterocycles. The van der Waals surface area contributed by atoms with E-state index in [0.717, 1.165) is 4.31 Å². The van der Waals surface area contributed by atoms with E-state index in [9.17, 15) is 31.5 Å². The number of carbonyl (C=O) groups excluding carboxylic acids is 2. The lowest BCUT2D eigenvalue weighted by Gasteiger charge is -2.42. The van der Waals surface area contributed by atoms with Crippen LogP contribution in [0.5, 0.6) is 5.75 Å². The van der Waals surface area contributed by atoms with Crippen molar-refractivity contribution in [1.82, 2.24) is 15.0 Å². The van der Waals surface area contributed by atoms with Gasteiger partial charge in [0.25, 0.3) is 15.9 Å². The van der Waals surface area contributed by atoms with Crippen molar-refractivity contribution < 1.29 is 55.4 Å². The van der Waals surface area contributed by atoms with Crippen molar-refractivity contribution in [1.29, 1.82) is 0 Å². The van der Waals surface area contributed by atoms with Crippen LogP contribution in [0.3, 0.4) is 0 Å². The number of likely N-dealkylation sites (tertiary alicyclic amines) is 1. The number of aliphatic hydroxyl groups is 1. The van der Waals surface area contributed by atoms with Gasteiger partial charge in [-0.15, -0.1) is 0 Å². The van der Waals surface area contributed by atoms with E-state index in [1.165, 1.54) is 44.1 Å². The first-order chi connectivity index (χ1) is 21.8. The molecule has 13 nitrogen and oxygen atoms in total. The first-order valence-corrected chi connectivity index (χ1v) is 15.6. The Kier molecular flexibility index (Phi) is 9.70. The summed E-state index contributed by atoms with van der Waals surface area (Å²) in [4.78, 5) is 40.1. The number of aliphatic hydroxyl groups excluding tert-OH is 1. The number of para-hydroxylation sites is 1. The van der Waals surface area contributed by atoms with Gasteiger partial charge in [-0.2, -0.15) is 13.2 Å². The minimum Gasteiger partial charge on any atom is -0.496 e. The summed E-state index contributed by atoms with van der Waals surface area (Å²) >= 11 is 6.48. The third-order valence-electron chi connectivity index (χ3n) is 7.70. The fraction of sp³-hybridized carbons (Fsp3) is 0.379. The Morgan fingerprint density at radius 1 is 1.15 bits per heavy atom. The highest BCUT2D eigenvalue weighted by atomic mass is 35.5. The quantitative estimate of drug-likeness (QED) is 0.387. The molecule has 2 aliphatic heterocycles. The Labute approximate surface area is 272 Å². The van der Waals surface area contributed by atoms with Crippen LogP contribution in [0.15, 0.2) is 51.9 Å². The normalized spacial score (nSPS) is 21.2. The number of alkyl halides is 3. The molecule has 18 heteroatoms. The SMILES string of the molecule is COc1ccccc1C1(N2C[C@H](O)C[C@H]2C(=O)N(C)C)C(=O)N(S(=O)(=O)c2c(C)noc2C)c2ccc(Cl)cc21.O=C(O)C(F)(F)F. The highest BCUT2D eigenvalue weighted by Gasteiger charge is 2.64. The number of carboxylic acids is 1. The number of benzene rings is 2. The third kappa shape index (κ3) is 6.03. The number of carbonyl (C=O) groups is 3. The van der Waals surface area contributed by atoms with Gasteiger partial charge < -0.3 is 24.4 Å². The molecule has 0 spiro atoms. The second kappa shape index (κ2) is 12.8. The zero-order chi connectivity index (χ0) is 35.2. The fourth-order valence-corrected chi connectivity index (χ4v) is 7.81. The zero-order valence-electron chi connectivity index (χ0n) is 25.6. The summed E-state index contributed by atoms with van der Waals surface area (Å²) in [6.07, 6.45) is -6.02. The molecule has 0 saturated carbocycles. The average Bonchev–Trinajstić information content (AvgIpc) is 3.62. The Bertz CT molecular complexity index is 1810. The fourth-order valence-electron chi connectivity index (χ4n) is 5.87. The molecule has 1 unspecified atom stereocenters. The second-order valence-electron chi connectivity index (χ2n) is 10.9. The number of methoxy groups -OCH3 is 1. The van der Waals surface area contributed by atoms with Crippen molar-refractivity contribution in [2.45, 2.75) is 49.0 Å². The van der Waals surface area contributed by atoms with Crippen molar-refractivity contribution in [2.24, 2.45) is 0 Å². The Morgan fingerprint density at radius 2 is 1.77 bits per heavy atom. The largest absolute Gasteiger partial charge is 0.496 e. The van der Waals surface area contributed by atoms with Gasteiger partial charge in [0, 0.05) is 36.8 Å². The molecule has 47 heavy (non-hydrogen) atoms. The molecule has 2 aliphatic rings. The van der Waals surface area contributed by atoms with Crippen LogP contribution in [0, 0.1) is 13.8 Å². The number of halogens is 4. The standard InChI is InChI=1S/C27H29ClN4O7S.C2HF3O2/c1-15-24(16(2)39-29-15)40(36,37)32-21-11-10-17(28)12-20(21)27(26(32)35,19-8-6-7-9-23(19)38-5)31-14-18(33)13-22(31)25(34)30(3)4;3-2(4,5)1(6)7/h6-12,18,22,33H,13-14H2,1-5H3;(H,6,7)/t18-,22+,27?;/m1./s1. The maximum absolute atomic E-state index is 15.0. The molecule has 0 aliphatic carbocycles. The van der Waals surface area contributed by atoms with Gasteiger partial charge in [-0.3, -0.25) is 14.5 Å². The third-order valence-corrected chi connectivity index (χ3v) is 9.88. The maximum Gasteiger partial charge on any atom is 0.490 e. The first kappa shape index (κ1) is 35.7. The summed E-state index contributed by atoms with van der Waals surface area (Å²) in [6, 6.07) is 10.2. The van der Waals surface area contributed by atoms with E-state index < -0.39 is 45.8 Å². The van der Waals surface area contributed by atoms with Crippen LogP contribution >= 0.6 is 11.6 Å². The van der Waals surface area contributed by atoms with E-state index >= 15 is 4.79 Å². The van der Waals surface area contributed by atoms with Crippen molar-refractivity contribution in [3.8, 4) is 5.75 Å². The van der Waals surface area contributed by atoms with Gasteiger partial charge in [0.2, 0.25) is 5.91 Å². The minimum absolute atomic E-state index is 0.0212. The van der Waals surface area contributed by atoms with Crippen LogP contribution in [-0.4, -0.2) is 97.4 Å². The van der Waals surface area contributed by atoms with Gasteiger partial charge in [0.05, 0.1) is 24.9 Å². The van der Waals surface area contributed by atoms with Crippen molar-refractivity contribution in [2.75, 3.05) is 32.1 Å². The van der Waals surface area contributed by atoms with Crippen LogP contribution in [0.1, 0.15) is 29.0 Å². The smallest absolute Gasteiger partial charge is 0.490 e. The minimum atomic E-state index is -5.08. The van der Waals surface area contributed by atoms with Crippen LogP contribution < -0.4 is 9.04 Å². The van der Waals surface area contributed by atoms with Crippen LogP contribution in [0.4, 0.5) is 18.9 Å². The lowest BCUT2D eigenvalue weighted by molar-refractivity contribution is -0.192. The van der Waals surface area contributed by atoms with Gasteiger partial charge in [-0.05, 0) is 44.5 Å². The van der Waals surface area contributed by atoms with Gasteiger partial charge in [-0.25, -0.2) is 17.5 Å². The molecule has 1 saturated heterocycles. The van der Waals surface area contributed by atoms with E-state index in [4.69, 9.17) is 30.8 Å². The predicted octanol–water partition coefficient (Wildman–Crippen LogP) is 3.09. The van der Waals surface area contributed by atoms with E-state index in [-0.39, 0.29) is 57.2 Å². The second-order valence-corrected chi connectivity index (χ2v) is 13.1. The number of carboxylic acid groups (broad SMARTS) is 1. The number of likely N-dealkylation sites (N-methyl/N-ethyl adjacent to an activating group) is 1. The van der Waals surface area contributed by atoms with Crippen molar-refractivity contribution in [3.05, 3.63) is 70.1 Å². The molecule has 2 N–H and O–H groups in total. The number of aromatic nitrogens is 1. The highest BCUT2D eigenvalue weighted by molar-refractivity contribution is 7.93. The lowest BCUT2D eigenvalue weighted by Crippen LogP contribution is -2.59. The molecule has 254 valence electrons. The van der Waals surface area contributed by atoms with Gasteiger partial charge in [0.1, 0.15) is 11.4 Å². The molecular weight excluding hydrogens is 673 g/mol. The number of ether oxygens (including phenoxy) is 1. The number of sulfonamides is 1. The summed E-state index contributed by atoms with van der Waals surface area (Å²) in [5.74, 6) is -3.68. The number of fused-ring (bicyclic) bond motifs is 1. The topological polar surface area (TPSA) is 171 Å². The molecular formula is C29H30ClF3N4O9S. The van der Waals surface area contributed by atoms with E-state index in [2.05, 4.69) is 5.16 Å². The summed E-state index contributed by atoms with van der Waals surface area (Å²) in [5, 5.41) is 22.0. The molecule has 1 aromatic heterocycles. The Morgan fingerprint density at radius 3 is 2.30 bits per heavy atom. The summed E-state index contributed by atoms with van der Waals surface area (Å²) in [5.41, 5.74) is -1.23. The summed E-state index contributed by atoms with van der Waals surface area (Å²) < 4.78 is 71.8. The molecule has 2 amide bonds. The molecule has 3 aromatic rings. The van der Waals surface area contributed by atoms with Gasteiger partial charge in [-0.1, -0.05) is 35.0 Å². The lowest BCUT2D eigenvalue weighted by atomic mass is 9.80. The number of aliphatic carboxylic acids is 1. The first-order valence-electron chi connectivity index (χ1n) is 13.7. The summed E-state index contributed by atoms with van der Waals surface area (Å²) in [7, 11) is 0.0260. The molecule has 1 fully saturated rings. The van der Waals surface area contributed by atoms with Crippen LogP contribution in [0.25, 0.3) is 0 Å². The number of β-amino-alcohol motifs (C(OH)–C–C–N with tert-alkyl or cyclic N) is 1. The zero-order valence-corrected chi connectivity index (χ0v) is 27.1. The predicted molar refractivity (Wildman–Crippen MR) is 159 cm³/mol. The number of hydrogen-bond acceptors (Lipinski definition) is 10. The Hall–Kier alpha value is -4.19. The van der Waals surface area contributed by atoms with E-state index in [0.29, 0.717) is 5.56 Å².